The van der Waals surface area contributed by atoms with Crippen LogP contribution in [-0.2, 0) is 21.2 Å². The summed E-state index contributed by atoms with van der Waals surface area (Å²) < 4.78 is 32.7. The first-order chi connectivity index (χ1) is 9.56. The molecule has 1 N–H and O–H groups in total. The molecule has 20 heavy (non-hydrogen) atoms. The van der Waals surface area contributed by atoms with E-state index >= 15 is 0 Å². The first kappa shape index (κ1) is 15.7. The third-order valence-corrected chi connectivity index (χ3v) is 6.75. The Morgan fingerprint density at radius 3 is 2.70 bits per heavy atom. The first-order valence-corrected chi connectivity index (χ1v) is 9.44. The second-order valence-electron chi connectivity index (χ2n) is 4.21. The van der Waals surface area contributed by atoms with Crippen molar-refractivity contribution in [1.29, 1.82) is 0 Å². The third-order valence-electron chi connectivity index (χ3n) is 2.91. The summed E-state index contributed by atoms with van der Waals surface area (Å²) in [6, 6.07) is 5.44. The number of rotatable bonds is 7. The Labute approximate surface area is 127 Å². The molecule has 0 saturated carbocycles. The van der Waals surface area contributed by atoms with Gasteiger partial charge >= 0.3 is 0 Å². The monoisotopic (exact) mass is 331 g/mol. The normalized spacial score (nSPS) is 13.5. The van der Waals surface area contributed by atoms with Crippen molar-refractivity contribution in [2.45, 2.75) is 23.7 Å². The number of ether oxygens (including phenoxy) is 1. The van der Waals surface area contributed by atoms with Crippen LogP contribution in [0.4, 0.5) is 0 Å². The fourth-order valence-electron chi connectivity index (χ4n) is 1.74. The Balaban J connectivity index is 2.05. The molecule has 0 amide bonds. The lowest BCUT2D eigenvalue weighted by Gasteiger charge is -2.14. The van der Waals surface area contributed by atoms with Gasteiger partial charge in [0.1, 0.15) is 4.21 Å². The molecule has 2 aromatic heterocycles. The Hall–Kier alpha value is -0.730. The van der Waals surface area contributed by atoms with Crippen LogP contribution in [0.1, 0.15) is 23.5 Å². The number of aryl methyl sites for hydroxylation is 1. The lowest BCUT2D eigenvalue weighted by Crippen LogP contribution is -2.28. The molecule has 2 aromatic rings. The average Bonchev–Trinajstić information content (AvgIpc) is 3.11. The number of sulfonamides is 1. The summed E-state index contributed by atoms with van der Waals surface area (Å²) in [4.78, 5) is 1.06. The Morgan fingerprint density at radius 1 is 1.35 bits per heavy atom. The van der Waals surface area contributed by atoms with E-state index in [4.69, 9.17) is 4.74 Å². The summed E-state index contributed by atoms with van der Waals surface area (Å²) in [6.45, 7) is 2.24. The highest BCUT2D eigenvalue weighted by molar-refractivity contribution is 7.91. The molecule has 0 saturated heterocycles. The van der Waals surface area contributed by atoms with Crippen LogP contribution < -0.4 is 4.72 Å². The van der Waals surface area contributed by atoms with E-state index < -0.39 is 10.0 Å². The topological polar surface area (TPSA) is 55.4 Å². The molecule has 0 unspecified atom stereocenters. The van der Waals surface area contributed by atoms with Crippen LogP contribution in [0.3, 0.4) is 0 Å². The van der Waals surface area contributed by atoms with Gasteiger partial charge in [0.25, 0.3) is 0 Å². The van der Waals surface area contributed by atoms with Gasteiger partial charge in [0.05, 0.1) is 6.10 Å². The van der Waals surface area contributed by atoms with Crippen LogP contribution >= 0.6 is 22.7 Å². The van der Waals surface area contributed by atoms with E-state index in [1.54, 1.807) is 24.5 Å². The molecule has 110 valence electrons. The van der Waals surface area contributed by atoms with E-state index in [1.807, 2.05) is 29.8 Å². The fourth-order valence-corrected chi connectivity index (χ4v) is 4.82. The number of hydrogen-bond acceptors (Lipinski definition) is 5. The van der Waals surface area contributed by atoms with Crippen LogP contribution in [0.25, 0.3) is 0 Å². The van der Waals surface area contributed by atoms with Gasteiger partial charge in [0.15, 0.2) is 0 Å². The lowest BCUT2D eigenvalue weighted by atomic mass is 10.2. The summed E-state index contributed by atoms with van der Waals surface area (Å²) in [5.74, 6) is 0. The highest BCUT2D eigenvalue weighted by atomic mass is 32.2. The number of methoxy groups -OCH3 is 1. The van der Waals surface area contributed by atoms with Crippen molar-refractivity contribution in [2.24, 2.45) is 0 Å². The molecular formula is C13H17NO3S3. The van der Waals surface area contributed by atoms with Crippen molar-refractivity contribution in [3.63, 3.8) is 0 Å². The van der Waals surface area contributed by atoms with Crippen LogP contribution in [0.15, 0.2) is 33.2 Å². The van der Waals surface area contributed by atoms with E-state index in [-0.39, 0.29) is 12.6 Å². The van der Waals surface area contributed by atoms with Gasteiger partial charge in [-0.3, -0.25) is 0 Å². The Morgan fingerprint density at radius 2 is 2.15 bits per heavy atom. The van der Waals surface area contributed by atoms with Crippen molar-refractivity contribution in [2.75, 3.05) is 13.7 Å². The molecule has 4 nitrogen and oxygen atoms in total. The molecule has 0 bridgehead atoms. The number of nitrogens with one attached hydrogen (secondary N) is 1. The average molecular weight is 331 g/mol. The minimum absolute atomic E-state index is 0.231. The summed E-state index contributed by atoms with van der Waals surface area (Å²) >= 11 is 2.87. The summed E-state index contributed by atoms with van der Waals surface area (Å²) in [6.07, 6.45) is 0.581. The van der Waals surface area contributed by atoms with Gasteiger partial charge in [0, 0.05) is 18.5 Å². The molecule has 2 rings (SSSR count). The molecule has 0 fully saturated rings. The van der Waals surface area contributed by atoms with E-state index in [0.29, 0.717) is 4.21 Å². The van der Waals surface area contributed by atoms with Gasteiger partial charge in [0.2, 0.25) is 10.0 Å². The van der Waals surface area contributed by atoms with Gasteiger partial charge in [-0.1, -0.05) is 6.92 Å². The summed E-state index contributed by atoms with van der Waals surface area (Å²) in [5, 5.41) is 3.91. The molecule has 0 aliphatic heterocycles. The fraction of sp³-hybridized carbons (Fsp3) is 0.385. The van der Waals surface area contributed by atoms with Crippen molar-refractivity contribution in [3.8, 4) is 0 Å². The molecule has 0 aromatic carbocycles. The van der Waals surface area contributed by atoms with Gasteiger partial charge in [-0.2, -0.15) is 11.3 Å². The second kappa shape index (κ2) is 6.82. The molecule has 7 heteroatoms. The maximum atomic E-state index is 12.2. The third kappa shape index (κ3) is 3.67. The van der Waals surface area contributed by atoms with Gasteiger partial charge in [-0.15, -0.1) is 11.3 Å². The van der Waals surface area contributed by atoms with Crippen LogP contribution in [0.5, 0.6) is 0 Å². The molecule has 0 radical (unpaired) electrons. The van der Waals surface area contributed by atoms with Crippen molar-refractivity contribution in [3.05, 3.63) is 39.4 Å². The van der Waals surface area contributed by atoms with E-state index in [0.717, 1.165) is 16.9 Å². The molecule has 0 aliphatic carbocycles. The summed E-state index contributed by atoms with van der Waals surface area (Å²) in [7, 11) is -1.87. The summed E-state index contributed by atoms with van der Waals surface area (Å²) in [5.41, 5.74) is 0.987. The predicted molar refractivity (Wildman–Crippen MR) is 83.0 cm³/mol. The Kier molecular flexibility index (Phi) is 5.34. The second-order valence-corrected chi connectivity index (χ2v) is 8.15. The van der Waals surface area contributed by atoms with Crippen LogP contribution in [0.2, 0.25) is 0 Å². The zero-order chi connectivity index (χ0) is 14.6. The van der Waals surface area contributed by atoms with Gasteiger partial charge in [-0.05, 0) is 40.9 Å². The van der Waals surface area contributed by atoms with Gasteiger partial charge < -0.3 is 4.74 Å². The first-order valence-electron chi connectivity index (χ1n) is 6.20. The van der Waals surface area contributed by atoms with Crippen LogP contribution in [0, 0.1) is 0 Å². The van der Waals surface area contributed by atoms with E-state index in [9.17, 15) is 8.42 Å². The zero-order valence-electron chi connectivity index (χ0n) is 11.3. The maximum absolute atomic E-state index is 12.2. The quantitative estimate of drug-likeness (QED) is 0.848. The zero-order valence-corrected chi connectivity index (χ0v) is 13.8. The minimum Gasteiger partial charge on any atom is -0.375 e. The molecule has 0 aliphatic rings. The minimum atomic E-state index is -3.45. The number of hydrogen-bond donors (Lipinski definition) is 1. The highest BCUT2D eigenvalue weighted by Crippen LogP contribution is 2.23. The van der Waals surface area contributed by atoms with Gasteiger partial charge in [-0.25, -0.2) is 13.1 Å². The lowest BCUT2D eigenvalue weighted by molar-refractivity contribution is 0.107. The Bertz CT molecular complexity index is 632. The van der Waals surface area contributed by atoms with E-state index in [2.05, 4.69) is 4.72 Å². The van der Waals surface area contributed by atoms with Crippen molar-refractivity contribution < 1.29 is 13.2 Å². The standard InChI is InChI=1S/C13H17NO3S3/c1-3-11-4-5-13(19-11)20(15,16)14-8-12(17-2)10-6-7-18-9-10/h4-7,9,12,14H,3,8H2,1-2H3/t12-/m1/s1. The van der Waals surface area contributed by atoms with Crippen molar-refractivity contribution >= 4 is 32.7 Å². The predicted octanol–water partition coefficient (Wildman–Crippen LogP) is 3.04. The molecule has 2 heterocycles. The SMILES string of the molecule is CCc1ccc(S(=O)(=O)NC[C@@H](OC)c2ccsc2)s1. The molecule has 1 atom stereocenters. The molecule has 0 spiro atoms. The van der Waals surface area contributed by atoms with Crippen LogP contribution in [-0.4, -0.2) is 22.1 Å². The molecular weight excluding hydrogens is 314 g/mol. The van der Waals surface area contributed by atoms with E-state index in [1.165, 1.54) is 11.3 Å². The number of thiophene rings is 2. The highest BCUT2D eigenvalue weighted by Gasteiger charge is 2.19. The maximum Gasteiger partial charge on any atom is 0.250 e. The smallest absolute Gasteiger partial charge is 0.250 e. The van der Waals surface area contributed by atoms with Crippen molar-refractivity contribution in [1.82, 2.24) is 4.72 Å². The largest absolute Gasteiger partial charge is 0.375 e.